The van der Waals surface area contributed by atoms with E-state index in [0.717, 1.165) is 17.0 Å². The second-order valence-corrected chi connectivity index (χ2v) is 5.04. The van der Waals surface area contributed by atoms with Gasteiger partial charge >= 0.3 is 0 Å². The Bertz CT molecular complexity index is 582. The number of benzene rings is 2. The van der Waals surface area contributed by atoms with Crippen LogP contribution in [-0.4, -0.2) is 14.2 Å². The highest BCUT2D eigenvalue weighted by Crippen LogP contribution is 2.31. The van der Waals surface area contributed by atoms with Gasteiger partial charge in [-0.15, -0.1) is 0 Å². The summed E-state index contributed by atoms with van der Waals surface area (Å²) in [5, 5.41) is 4.45. The van der Waals surface area contributed by atoms with Gasteiger partial charge in [0.15, 0.2) is 11.5 Å². The van der Waals surface area contributed by atoms with Gasteiger partial charge in [0.25, 0.3) is 0 Å². The van der Waals surface area contributed by atoms with Crippen LogP contribution in [0, 0.1) is 0 Å². The van der Waals surface area contributed by atoms with Crippen LogP contribution in [0.4, 0.5) is 5.69 Å². The van der Waals surface area contributed by atoms with E-state index in [1.807, 2.05) is 30.3 Å². The highest BCUT2D eigenvalue weighted by atomic mass is 35.5. The van der Waals surface area contributed by atoms with Gasteiger partial charge in [-0.25, -0.2) is 0 Å². The molecule has 106 valence electrons. The van der Waals surface area contributed by atoms with Crippen molar-refractivity contribution in [3.63, 3.8) is 0 Å². The van der Waals surface area contributed by atoms with Gasteiger partial charge in [0.2, 0.25) is 0 Å². The van der Waals surface area contributed by atoms with Crippen LogP contribution in [0.5, 0.6) is 11.5 Å². The standard InChI is InChI=1S/C15H15Cl2NO2/c1-19-14-5-3-4-10(15(14)20-2)9-18-13-7-11(16)6-12(17)8-13/h3-8,18H,9H2,1-2H3. The summed E-state index contributed by atoms with van der Waals surface area (Å²) in [6, 6.07) is 11.1. The van der Waals surface area contributed by atoms with Gasteiger partial charge in [-0.3, -0.25) is 0 Å². The minimum Gasteiger partial charge on any atom is -0.493 e. The summed E-state index contributed by atoms with van der Waals surface area (Å²) in [5.41, 5.74) is 1.84. The van der Waals surface area contributed by atoms with Gasteiger partial charge in [0, 0.05) is 27.8 Å². The molecule has 0 unspecified atom stereocenters. The van der Waals surface area contributed by atoms with Crippen molar-refractivity contribution in [2.24, 2.45) is 0 Å². The third kappa shape index (κ3) is 3.50. The molecule has 0 saturated heterocycles. The van der Waals surface area contributed by atoms with Gasteiger partial charge in [-0.05, 0) is 24.3 Å². The molecule has 20 heavy (non-hydrogen) atoms. The van der Waals surface area contributed by atoms with Crippen molar-refractivity contribution in [3.05, 3.63) is 52.0 Å². The number of hydrogen-bond donors (Lipinski definition) is 1. The van der Waals surface area contributed by atoms with Gasteiger partial charge in [-0.2, -0.15) is 0 Å². The molecule has 0 heterocycles. The highest BCUT2D eigenvalue weighted by Gasteiger charge is 2.09. The average Bonchev–Trinajstić information content (AvgIpc) is 2.43. The topological polar surface area (TPSA) is 30.5 Å². The van der Waals surface area contributed by atoms with Crippen molar-refractivity contribution >= 4 is 28.9 Å². The summed E-state index contributed by atoms with van der Waals surface area (Å²) in [5.74, 6) is 1.42. The Balaban J connectivity index is 2.18. The predicted molar refractivity (Wildman–Crippen MR) is 83.3 cm³/mol. The number of methoxy groups -OCH3 is 2. The molecule has 0 aliphatic carbocycles. The Labute approximate surface area is 128 Å². The smallest absolute Gasteiger partial charge is 0.165 e. The van der Waals surface area contributed by atoms with E-state index < -0.39 is 0 Å². The van der Waals surface area contributed by atoms with E-state index in [-0.39, 0.29) is 0 Å². The molecule has 0 aromatic heterocycles. The second kappa shape index (κ2) is 6.73. The van der Waals surface area contributed by atoms with E-state index in [1.54, 1.807) is 20.3 Å². The fourth-order valence-electron chi connectivity index (χ4n) is 1.95. The first-order valence-electron chi connectivity index (χ1n) is 6.04. The molecule has 0 amide bonds. The minimum atomic E-state index is 0.580. The van der Waals surface area contributed by atoms with Gasteiger partial charge in [0.05, 0.1) is 14.2 Å². The van der Waals surface area contributed by atoms with Crippen LogP contribution in [0.25, 0.3) is 0 Å². The quantitative estimate of drug-likeness (QED) is 0.873. The Morgan fingerprint density at radius 2 is 1.70 bits per heavy atom. The monoisotopic (exact) mass is 311 g/mol. The molecule has 2 rings (SSSR count). The summed E-state index contributed by atoms with van der Waals surface area (Å²) in [7, 11) is 3.24. The number of ether oxygens (including phenoxy) is 2. The second-order valence-electron chi connectivity index (χ2n) is 4.16. The molecular formula is C15H15Cl2NO2. The number of para-hydroxylation sites is 1. The van der Waals surface area contributed by atoms with Crippen LogP contribution >= 0.6 is 23.2 Å². The zero-order valence-electron chi connectivity index (χ0n) is 11.2. The SMILES string of the molecule is COc1cccc(CNc2cc(Cl)cc(Cl)c2)c1OC. The van der Waals surface area contributed by atoms with E-state index in [1.165, 1.54) is 0 Å². The van der Waals surface area contributed by atoms with Gasteiger partial charge in [-0.1, -0.05) is 35.3 Å². The Morgan fingerprint density at radius 3 is 2.30 bits per heavy atom. The van der Waals surface area contributed by atoms with E-state index in [4.69, 9.17) is 32.7 Å². The number of anilines is 1. The van der Waals surface area contributed by atoms with Crippen molar-refractivity contribution in [3.8, 4) is 11.5 Å². The third-order valence-corrected chi connectivity index (χ3v) is 3.27. The number of nitrogens with one attached hydrogen (secondary N) is 1. The zero-order valence-corrected chi connectivity index (χ0v) is 12.8. The first-order chi connectivity index (χ1) is 9.63. The molecule has 5 heteroatoms. The van der Waals surface area contributed by atoms with Crippen LogP contribution in [0.15, 0.2) is 36.4 Å². The van der Waals surface area contributed by atoms with Crippen molar-refractivity contribution in [1.29, 1.82) is 0 Å². The van der Waals surface area contributed by atoms with E-state index >= 15 is 0 Å². The molecule has 0 aliphatic rings. The highest BCUT2D eigenvalue weighted by molar-refractivity contribution is 6.35. The Morgan fingerprint density at radius 1 is 1.00 bits per heavy atom. The van der Waals surface area contributed by atoms with E-state index in [0.29, 0.717) is 22.3 Å². The fourth-order valence-corrected chi connectivity index (χ4v) is 2.47. The molecule has 0 atom stereocenters. The maximum absolute atomic E-state index is 5.97. The number of halogens is 2. The molecule has 0 aliphatic heterocycles. The molecule has 0 bridgehead atoms. The minimum absolute atomic E-state index is 0.580. The maximum atomic E-state index is 5.97. The molecule has 2 aromatic rings. The molecule has 0 fully saturated rings. The molecular weight excluding hydrogens is 297 g/mol. The van der Waals surface area contributed by atoms with E-state index in [9.17, 15) is 0 Å². The molecule has 1 N–H and O–H groups in total. The van der Waals surface area contributed by atoms with Crippen molar-refractivity contribution in [2.75, 3.05) is 19.5 Å². The lowest BCUT2D eigenvalue weighted by Gasteiger charge is -2.14. The molecule has 0 spiro atoms. The summed E-state index contributed by atoms with van der Waals surface area (Å²) in [6.07, 6.45) is 0. The average molecular weight is 312 g/mol. The molecule has 2 aromatic carbocycles. The van der Waals surface area contributed by atoms with Gasteiger partial charge < -0.3 is 14.8 Å². The Hall–Kier alpha value is -1.58. The summed E-state index contributed by atoms with van der Waals surface area (Å²) in [6.45, 7) is 0.580. The first-order valence-corrected chi connectivity index (χ1v) is 6.79. The molecule has 0 saturated carbocycles. The lowest BCUT2D eigenvalue weighted by molar-refractivity contribution is 0.352. The van der Waals surface area contributed by atoms with Crippen LogP contribution in [0.3, 0.4) is 0 Å². The van der Waals surface area contributed by atoms with Crippen LogP contribution in [0.2, 0.25) is 10.0 Å². The summed E-state index contributed by atoms with van der Waals surface area (Å²) >= 11 is 11.9. The first kappa shape index (κ1) is 14.8. The zero-order chi connectivity index (χ0) is 14.5. The van der Waals surface area contributed by atoms with Crippen molar-refractivity contribution in [1.82, 2.24) is 0 Å². The predicted octanol–water partition coefficient (Wildman–Crippen LogP) is 4.62. The van der Waals surface area contributed by atoms with Crippen molar-refractivity contribution in [2.45, 2.75) is 6.54 Å². The molecule has 3 nitrogen and oxygen atoms in total. The summed E-state index contributed by atoms with van der Waals surface area (Å²) in [4.78, 5) is 0. The molecule has 0 radical (unpaired) electrons. The van der Waals surface area contributed by atoms with Crippen molar-refractivity contribution < 1.29 is 9.47 Å². The third-order valence-electron chi connectivity index (χ3n) is 2.83. The normalized spacial score (nSPS) is 10.2. The Kier molecular flexibility index (Phi) is 4.99. The number of hydrogen-bond acceptors (Lipinski definition) is 3. The fraction of sp³-hybridized carbons (Fsp3) is 0.200. The summed E-state index contributed by atoms with van der Waals surface area (Å²) < 4.78 is 10.7. The number of rotatable bonds is 5. The van der Waals surface area contributed by atoms with E-state index in [2.05, 4.69) is 5.32 Å². The van der Waals surface area contributed by atoms with Crippen LogP contribution < -0.4 is 14.8 Å². The van der Waals surface area contributed by atoms with Crippen LogP contribution in [-0.2, 0) is 6.54 Å². The van der Waals surface area contributed by atoms with Crippen LogP contribution in [0.1, 0.15) is 5.56 Å². The van der Waals surface area contributed by atoms with Gasteiger partial charge in [0.1, 0.15) is 0 Å². The lowest BCUT2D eigenvalue weighted by atomic mass is 10.1. The lowest BCUT2D eigenvalue weighted by Crippen LogP contribution is -2.03. The largest absolute Gasteiger partial charge is 0.493 e. The maximum Gasteiger partial charge on any atom is 0.165 e.